The van der Waals surface area contributed by atoms with E-state index < -0.39 is 23.4 Å². The lowest BCUT2D eigenvalue weighted by Gasteiger charge is -2.20. The minimum absolute atomic E-state index is 0.172. The summed E-state index contributed by atoms with van der Waals surface area (Å²) in [6, 6.07) is 11.4. The van der Waals surface area contributed by atoms with E-state index in [-0.39, 0.29) is 23.7 Å². The molecule has 2 aromatic heterocycles. The fourth-order valence-corrected chi connectivity index (χ4v) is 4.02. The number of aromatic nitrogens is 2. The monoisotopic (exact) mass is 505 g/mol. The molecule has 0 radical (unpaired) electrons. The van der Waals surface area contributed by atoms with Gasteiger partial charge in [0.2, 0.25) is 5.91 Å². The number of nitrogens with zero attached hydrogens (tertiary/aromatic N) is 3. The molecule has 184 valence electrons. The molecule has 1 atom stereocenters. The van der Waals surface area contributed by atoms with Crippen LogP contribution in [-0.2, 0) is 4.79 Å². The third kappa shape index (κ3) is 8.26. The Bertz CT molecular complexity index is 1150. The van der Waals surface area contributed by atoms with Crippen molar-refractivity contribution in [1.29, 1.82) is 0 Å². The predicted octanol–water partition coefficient (Wildman–Crippen LogP) is 4.10. The molecule has 0 saturated carbocycles. The minimum Gasteiger partial charge on any atom is -0.406 e. The molecule has 3 rings (SSSR count). The van der Waals surface area contributed by atoms with E-state index in [0.29, 0.717) is 5.03 Å². The van der Waals surface area contributed by atoms with Crippen molar-refractivity contribution in [1.82, 2.24) is 20.2 Å². The number of amides is 2. The first kappa shape index (κ1) is 26.0. The van der Waals surface area contributed by atoms with Crippen LogP contribution in [0, 0.1) is 0 Å². The van der Waals surface area contributed by atoms with Crippen LogP contribution in [0.2, 0.25) is 0 Å². The first-order valence-corrected chi connectivity index (χ1v) is 11.1. The van der Waals surface area contributed by atoms with Crippen LogP contribution in [0.4, 0.5) is 18.9 Å². The molecule has 1 unspecified atom stereocenters. The van der Waals surface area contributed by atoms with E-state index in [0.717, 1.165) is 17.7 Å². The third-order valence-corrected chi connectivity index (χ3v) is 5.53. The molecule has 2 heterocycles. The molecule has 1 aromatic carbocycles. The number of ether oxygens (including phenoxy) is 1. The number of carbonyl (C=O) groups is 2. The summed E-state index contributed by atoms with van der Waals surface area (Å²) in [5, 5.41) is 5.37. The molecule has 0 aliphatic carbocycles. The lowest BCUT2D eigenvalue weighted by molar-refractivity contribution is -0.274. The van der Waals surface area contributed by atoms with Gasteiger partial charge in [-0.15, -0.1) is 13.2 Å². The molecule has 0 saturated heterocycles. The first-order chi connectivity index (χ1) is 16.6. The van der Waals surface area contributed by atoms with Gasteiger partial charge in [-0.25, -0.2) is 4.98 Å². The second kappa shape index (κ2) is 11.7. The van der Waals surface area contributed by atoms with Crippen molar-refractivity contribution in [2.24, 2.45) is 0 Å². The maximum absolute atomic E-state index is 13.0. The zero-order valence-corrected chi connectivity index (χ0v) is 19.6. The van der Waals surface area contributed by atoms with Crippen LogP contribution in [0.3, 0.4) is 0 Å². The maximum Gasteiger partial charge on any atom is 0.573 e. The van der Waals surface area contributed by atoms with Crippen LogP contribution < -0.4 is 15.4 Å². The SMILES string of the molecule is CN(C)CC(=O)NC(Sc1ncccc1C(=O)Nc1ccc(OC(F)(F)F)cc1)c1ccncc1. The van der Waals surface area contributed by atoms with E-state index in [4.69, 9.17) is 0 Å². The second-order valence-corrected chi connectivity index (χ2v) is 8.56. The van der Waals surface area contributed by atoms with E-state index in [1.54, 1.807) is 55.7 Å². The molecule has 8 nitrogen and oxygen atoms in total. The number of thioether (sulfide) groups is 1. The van der Waals surface area contributed by atoms with Gasteiger partial charge in [0, 0.05) is 24.3 Å². The Labute approximate surface area is 203 Å². The largest absolute Gasteiger partial charge is 0.573 e. The van der Waals surface area contributed by atoms with Gasteiger partial charge in [0.05, 0.1) is 12.1 Å². The minimum atomic E-state index is -4.81. The Morgan fingerprint density at radius 1 is 1.06 bits per heavy atom. The number of benzene rings is 1. The Kier molecular flexibility index (Phi) is 8.66. The van der Waals surface area contributed by atoms with Gasteiger partial charge in [-0.2, -0.15) is 0 Å². The Hall–Kier alpha value is -3.64. The number of anilines is 1. The zero-order valence-electron chi connectivity index (χ0n) is 18.7. The third-order valence-electron chi connectivity index (χ3n) is 4.35. The highest BCUT2D eigenvalue weighted by Crippen LogP contribution is 2.34. The van der Waals surface area contributed by atoms with Gasteiger partial charge in [-0.3, -0.25) is 14.6 Å². The van der Waals surface area contributed by atoms with Crippen LogP contribution in [0.25, 0.3) is 0 Å². The van der Waals surface area contributed by atoms with Crippen molar-refractivity contribution in [2.75, 3.05) is 26.0 Å². The molecule has 0 aliphatic rings. The van der Waals surface area contributed by atoms with E-state index >= 15 is 0 Å². The van der Waals surface area contributed by atoms with Crippen molar-refractivity contribution in [3.05, 3.63) is 78.2 Å². The Morgan fingerprint density at radius 2 is 1.74 bits per heavy atom. The highest BCUT2D eigenvalue weighted by molar-refractivity contribution is 7.99. The van der Waals surface area contributed by atoms with Crippen molar-refractivity contribution in [3.63, 3.8) is 0 Å². The molecular weight excluding hydrogens is 483 g/mol. The molecule has 0 fully saturated rings. The van der Waals surface area contributed by atoms with Gasteiger partial charge in [0.15, 0.2) is 0 Å². The standard InChI is InChI=1S/C23H22F3N5O3S/c1-31(2)14-19(32)30-21(15-9-12-27-13-10-15)35-22-18(4-3-11-28-22)20(33)29-16-5-7-17(8-6-16)34-23(24,25)26/h3-13,21H,14H2,1-2H3,(H,29,33)(H,30,32). The van der Waals surface area contributed by atoms with E-state index in [1.807, 2.05) is 0 Å². The summed E-state index contributed by atoms with van der Waals surface area (Å²) in [5.41, 5.74) is 1.26. The number of nitrogens with one attached hydrogen (secondary N) is 2. The number of rotatable bonds is 9. The number of alkyl halides is 3. The van der Waals surface area contributed by atoms with Crippen molar-refractivity contribution < 1.29 is 27.5 Å². The van der Waals surface area contributed by atoms with Crippen LogP contribution in [-0.4, -0.2) is 53.7 Å². The molecule has 2 N–H and O–H groups in total. The van der Waals surface area contributed by atoms with Crippen molar-refractivity contribution in [2.45, 2.75) is 16.8 Å². The Morgan fingerprint density at radius 3 is 2.37 bits per heavy atom. The quantitative estimate of drug-likeness (QED) is 0.334. The molecule has 3 aromatic rings. The average molecular weight is 506 g/mol. The topological polar surface area (TPSA) is 96.5 Å². The Balaban J connectivity index is 1.78. The number of pyridine rings is 2. The molecular formula is C23H22F3N5O3S. The molecule has 0 spiro atoms. The summed E-state index contributed by atoms with van der Waals surface area (Å²) in [4.78, 5) is 35.4. The lowest BCUT2D eigenvalue weighted by Crippen LogP contribution is -2.35. The number of likely N-dealkylation sites (N-methyl/N-ethyl adjacent to an activating group) is 1. The molecule has 0 bridgehead atoms. The van der Waals surface area contributed by atoms with Crippen molar-refractivity contribution >= 4 is 29.3 Å². The fraction of sp³-hybridized carbons (Fsp3) is 0.217. The molecule has 0 aliphatic heterocycles. The molecule has 35 heavy (non-hydrogen) atoms. The summed E-state index contributed by atoms with van der Waals surface area (Å²) in [6.07, 6.45) is -0.0913. The van der Waals surface area contributed by atoms with Crippen LogP contribution in [0.5, 0.6) is 5.75 Å². The van der Waals surface area contributed by atoms with Crippen LogP contribution in [0.1, 0.15) is 21.3 Å². The second-order valence-electron chi connectivity index (χ2n) is 7.47. The highest BCUT2D eigenvalue weighted by atomic mass is 32.2. The van der Waals surface area contributed by atoms with E-state index in [2.05, 4.69) is 25.3 Å². The molecule has 12 heteroatoms. The summed E-state index contributed by atoms with van der Waals surface area (Å²) in [7, 11) is 3.55. The number of carbonyl (C=O) groups excluding carboxylic acids is 2. The smallest absolute Gasteiger partial charge is 0.406 e. The summed E-state index contributed by atoms with van der Waals surface area (Å²) < 4.78 is 40.9. The fourth-order valence-electron chi connectivity index (χ4n) is 2.91. The predicted molar refractivity (Wildman–Crippen MR) is 125 cm³/mol. The van der Waals surface area contributed by atoms with Crippen molar-refractivity contribution in [3.8, 4) is 5.75 Å². The van der Waals surface area contributed by atoms with E-state index in [9.17, 15) is 22.8 Å². The van der Waals surface area contributed by atoms with Crippen LogP contribution in [0.15, 0.2) is 72.1 Å². The number of hydrogen-bond donors (Lipinski definition) is 2. The van der Waals surface area contributed by atoms with Gasteiger partial charge >= 0.3 is 6.36 Å². The average Bonchev–Trinajstić information content (AvgIpc) is 2.79. The maximum atomic E-state index is 13.0. The summed E-state index contributed by atoms with van der Waals surface area (Å²) >= 11 is 1.18. The van der Waals surface area contributed by atoms with E-state index in [1.165, 1.54) is 30.1 Å². The van der Waals surface area contributed by atoms with Gasteiger partial charge < -0.3 is 20.3 Å². The zero-order chi connectivity index (χ0) is 25.4. The normalized spacial score (nSPS) is 12.2. The summed E-state index contributed by atoms with van der Waals surface area (Å²) in [5.74, 6) is -1.13. The molecule has 2 amide bonds. The van der Waals surface area contributed by atoms with Gasteiger partial charge in [-0.1, -0.05) is 11.8 Å². The first-order valence-electron chi connectivity index (χ1n) is 10.2. The lowest BCUT2D eigenvalue weighted by atomic mass is 10.2. The van der Waals surface area contributed by atoms with Gasteiger partial charge in [0.25, 0.3) is 5.91 Å². The number of hydrogen-bond acceptors (Lipinski definition) is 7. The van der Waals surface area contributed by atoms with Crippen LogP contribution >= 0.6 is 11.8 Å². The van der Waals surface area contributed by atoms with Gasteiger partial charge in [-0.05, 0) is 68.2 Å². The van der Waals surface area contributed by atoms with Gasteiger partial charge in [0.1, 0.15) is 16.1 Å². The summed E-state index contributed by atoms with van der Waals surface area (Å²) in [6.45, 7) is 0.172. The highest BCUT2D eigenvalue weighted by Gasteiger charge is 2.31. The number of halogens is 3.